The fourth-order valence-corrected chi connectivity index (χ4v) is 1.48. The molecule has 1 unspecified atom stereocenters. The van der Waals surface area contributed by atoms with Crippen molar-refractivity contribution in [3.8, 4) is 6.07 Å². The van der Waals surface area contributed by atoms with E-state index in [0.29, 0.717) is 0 Å². The molecule has 1 aromatic rings. The molecule has 1 aromatic heterocycles. The predicted molar refractivity (Wildman–Crippen MR) is 46.7 cm³/mol. The molecule has 0 bridgehead atoms. The van der Waals surface area contributed by atoms with Crippen LogP contribution in [0.3, 0.4) is 0 Å². The summed E-state index contributed by atoms with van der Waals surface area (Å²) in [4.78, 5) is 0. The number of rotatable bonds is 1. The number of aromatic nitrogens is 2. The molecule has 0 radical (unpaired) electrons. The van der Waals surface area contributed by atoms with Crippen molar-refractivity contribution in [3.63, 3.8) is 0 Å². The maximum absolute atomic E-state index is 8.76. The van der Waals surface area contributed by atoms with Gasteiger partial charge in [0.2, 0.25) is 0 Å². The lowest BCUT2D eigenvalue weighted by atomic mass is 10.0. The molecule has 0 aliphatic heterocycles. The maximum Gasteiger partial charge on any atom is 0.0720 e. The lowest BCUT2D eigenvalue weighted by molar-refractivity contribution is 0.729. The Morgan fingerprint density at radius 2 is 2.08 bits per heavy atom. The molecule has 1 heterocycles. The van der Waals surface area contributed by atoms with Crippen molar-refractivity contribution in [2.24, 2.45) is 7.05 Å². The summed E-state index contributed by atoms with van der Waals surface area (Å²) < 4.78 is 1.82. The minimum atomic E-state index is -0.0568. The lowest BCUT2D eigenvalue weighted by Gasteiger charge is -2.01. The van der Waals surface area contributed by atoms with E-state index in [1.165, 1.54) is 0 Å². The molecule has 0 aliphatic carbocycles. The standard InChI is InChI=1S/C9H13N3/c1-6(5-10)9-7(2)11-12(4)8(9)3/h6H,1-4H3. The summed E-state index contributed by atoms with van der Waals surface area (Å²) in [5, 5.41) is 13.0. The van der Waals surface area contributed by atoms with E-state index in [1.54, 1.807) is 0 Å². The number of aryl methyl sites for hydroxylation is 2. The first kappa shape index (κ1) is 8.79. The second-order valence-corrected chi connectivity index (χ2v) is 3.06. The summed E-state index contributed by atoms with van der Waals surface area (Å²) in [6.45, 7) is 5.83. The first-order chi connectivity index (χ1) is 5.57. The minimum Gasteiger partial charge on any atom is -0.272 e. The summed E-state index contributed by atoms with van der Waals surface area (Å²) in [5.41, 5.74) is 3.12. The Hall–Kier alpha value is -1.30. The molecule has 0 amide bonds. The Labute approximate surface area is 72.6 Å². The average Bonchev–Trinajstić information content (AvgIpc) is 2.26. The topological polar surface area (TPSA) is 41.6 Å². The molecule has 0 aromatic carbocycles. The summed E-state index contributed by atoms with van der Waals surface area (Å²) >= 11 is 0. The van der Waals surface area contributed by atoms with Gasteiger partial charge in [-0.15, -0.1) is 0 Å². The zero-order valence-corrected chi connectivity index (χ0v) is 7.92. The van der Waals surface area contributed by atoms with Crippen LogP contribution in [0, 0.1) is 25.2 Å². The molecule has 64 valence electrons. The smallest absolute Gasteiger partial charge is 0.0720 e. The average molecular weight is 163 g/mol. The zero-order chi connectivity index (χ0) is 9.30. The first-order valence-electron chi connectivity index (χ1n) is 3.97. The highest BCUT2D eigenvalue weighted by Crippen LogP contribution is 2.21. The lowest BCUT2D eigenvalue weighted by Crippen LogP contribution is -1.96. The van der Waals surface area contributed by atoms with Crippen molar-refractivity contribution in [1.82, 2.24) is 9.78 Å². The highest BCUT2D eigenvalue weighted by atomic mass is 15.3. The van der Waals surface area contributed by atoms with E-state index in [0.717, 1.165) is 17.0 Å². The minimum absolute atomic E-state index is 0.0568. The molecular formula is C9H13N3. The maximum atomic E-state index is 8.76. The summed E-state index contributed by atoms with van der Waals surface area (Å²) in [6, 6.07) is 2.22. The molecule has 1 rings (SSSR count). The Bertz CT molecular complexity index is 330. The van der Waals surface area contributed by atoms with Crippen molar-refractivity contribution >= 4 is 0 Å². The van der Waals surface area contributed by atoms with Gasteiger partial charge in [-0.2, -0.15) is 10.4 Å². The van der Waals surface area contributed by atoms with Gasteiger partial charge in [0.15, 0.2) is 0 Å². The normalized spacial score (nSPS) is 12.6. The van der Waals surface area contributed by atoms with Gasteiger partial charge >= 0.3 is 0 Å². The molecule has 0 N–H and O–H groups in total. The van der Waals surface area contributed by atoms with Crippen LogP contribution in [0.2, 0.25) is 0 Å². The van der Waals surface area contributed by atoms with Gasteiger partial charge in [0.25, 0.3) is 0 Å². The Kier molecular flexibility index (Phi) is 2.18. The molecule has 0 fully saturated rings. The molecular weight excluding hydrogens is 150 g/mol. The van der Waals surface area contributed by atoms with E-state index in [1.807, 2.05) is 32.5 Å². The van der Waals surface area contributed by atoms with Crippen molar-refractivity contribution in [2.75, 3.05) is 0 Å². The van der Waals surface area contributed by atoms with Crippen molar-refractivity contribution in [3.05, 3.63) is 17.0 Å². The number of hydrogen-bond donors (Lipinski definition) is 0. The van der Waals surface area contributed by atoms with Crippen molar-refractivity contribution in [1.29, 1.82) is 5.26 Å². The number of nitrogens with zero attached hydrogens (tertiary/aromatic N) is 3. The predicted octanol–water partition coefficient (Wildman–Crippen LogP) is 1.66. The van der Waals surface area contributed by atoms with Gasteiger partial charge in [0.05, 0.1) is 17.7 Å². The van der Waals surface area contributed by atoms with Gasteiger partial charge in [0.1, 0.15) is 0 Å². The Morgan fingerprint density at radius 3 is 2.42 bits per heavy atom. The van der Waals surface area contributed by atoms with E-state index in [2.05, 4.69) is 11.2 Å². The van der Waals surface area contributed by atoms with Gasteiger partial charge < -0.3 is 0 Å². The highest BCUT2D eigenvalue weighted by Gasteiger charge is 2.14. The number of nitriles is 1. The second-order valence-electron chi connectivity index (χ2n) is 3.06. The van der Waals surface area contributed by atoms with Crippen LogP contribution in [0.5, 0.6) is 0 Å². The molecule has 0 saturated heterocycles. The quantitative estimate of drug-likeness (QED) is 0.631. The summed E-state index contributed by atoms with van der Waals surface area (Å²) in [7, 11) is 1.90. The highest BCUT2D eigenvalue weighted by molar-refractivity contribution is 5.31. The molecule has 0 saturated carbocycles. The zero-order valence-electron chi connectivity index (χ0n) is 7.92. The monoisotopic (exact) mass is 163 g/mol. The van der Waals surface area contributed by atoms with E-state index in [4.69, 9.17) is 5.26 Å². The van der Waals surface area contributed by atoms with E-state index >= 15 is 0 Å². The first-order valence-corrected chi connectivity index (χ1v) is 3.97. The molecule has 1 atom stereocenters. The van der Waals surface area contributed by atoms with Crippen LogP contribution in [0.1, 0.15) is 29.8 Å². The summed E-state index contributed by atoms with van der Waals surface area (Å²) in [5.74, 6) is -0.0568. The third-order valence-electron chi connectivity index (χ3n) is 2.19. The third-order valence-corrected chi connectivity index (χ3v) is 2.19. The van der Waals surface area contributed by atoms with Gasteiger partial charge in [-0.05, 0) is 20.8 Å². The Balaban J connectivity index is 3.24. The van der Waals surface area contributed by atoms with E-state index < -0.39 is 0 Å². The van der Waals surface area contributed by atoms with Crippen LogP contribution in [-0.2, 0) is 7.05 Å². The van der Waals surface area contributed by atoms with Crippen LogP contribution in [0.15, 0.2) is 0 Å². The fraction of sp³-hybridized carbons (Fsp3) is 0.556. The van der Waals surface area contributed by atoms with E-state index in [-0.39, 0.29) is 5.92 Å². The van der Waals surface area contributed by atoms with Crippen LogP contribution in [0.4, 0.5) is 0 Å². The molecule has 3 heteroatoms. The van der Waals surface area contributed by atoms with E-state index in [9.17, 15) is 0 Å². The second kappa shape index (κ2) is 2.98. The van der Waals surface area contributed by atoms with Crippen LogP contribution in [-0.4, -0.2) is 9.78 Å². The summed E-state index contributed by atoms with van der Waals surface area (Å²) in [6.07, 6.45) is 0. The third kappa shape index (κ3) is 1.20. The SMILES string of the molecule is Cc1nn(C)c(C)c1C(C)C#N. The molecule has 3 nitrogen and oxygen atoms in total. The van der Waals surface area contributed by atoms with Gasteiger partial charge in [0, 0.05) is 18.3 Å². The fourth-order valence-electron chi connectivity index (χ4n) is 1.48. The van der Waals surface area contributed by atoms with Gasteiger partial charge in [-0.25, -0.2) is 0 Å². The van der Waals surface area contributed by atoms with Crippen LogP contribution < -0.4 is 0 Å². The Morgan fingerprint density at radius 1 is 1.50 bits per heavy atom. The van der Waals surface area contributed by atoms with Crippen molar-refractivity contribution < 1.29 is 0 Å². The molecule has 0 aliphatic rings. The van der Waals surface area contributed by atoms with Crippen molar-refractivity contribution in [2.45, 2.75) is 26.7 Å². The molecule has 0 spiro atoms. The largest absolute Gasteiger partial charge is 0.272 e. The number of hydrogen-bond acceptors (Lipinski definition) is 2. The van der Waals surface area contributed by atoms with Gasteiger partial charge in [-0.1, -0.05) is 0 Å². The van der Waals surface area contributed by atoms with Crippen LogP contribution in [0.25, 0.3) is 0 Å². The van der Waals surface area contributed by atoms with Gasteiger partial charge in [-0.3, -0.25) is 4.68 Å². The molecule has 12 heavy (non-hydrogen) atoms. The van der Waals surface area contributed by atoms with Crippen LogP contribution >= 0.6 is 0 Å².